The number of benzene rings is 2. The maximum atomic E-state index is 12.3. The number of anilines is 1. The zero-order valence-corrected chi connectivity index (χ0v) is 17.2. The van der Waals surface area contributed by atoms with Gasteiger partial charge in [-0.1, -0.05) is 23.2 Å². The van der Waals surface area contributed by atoms with E-state index in [-0.39, 0.29) is 18.4 Å². The van der Waals surface area contributed by atoms with Crippen molar-refractivity contribution in [3.63, 3.8) is 0 Å². The predicted molar refractivity (Wildman–Crippen MR) is 111 cm³/mol. The Bertz CT molecular complexity index is 900. The van der Waals surface area contributed by atoms with E-state index in [9.17, 15) is 9.59 Å². The van der Waals surface area contributed by atoms with Gasteiger partial charge in [-0.3, -0.25) is 9.59 Å². The van der Waals surface area contributed by atoms with Gasteiger partial charge in [0, 0.05) is 30.4 Å². The maximum absolute atomic E-state index is 12.3. The molecule has 28 heavy (non-hydrogen) atoms. The zero-order valence-electron chi connectivity index (χ0n) is 15.7. The molecule has 0 atom stereocenters. The van der Waals surface area contributed by atoms with Gasteiger partial charge in [-0.05, 0) is 36.4 Å². The third kappa shape index (κ3) is 5.90. The number of carbonyl (C=O) groups excluding carboxylic acids is 2. The van der Waals surface area contributed by atoms with Gasteiger partial charge in [0.25, 0.3) is 0 Å². The van der Waals surface area contributed by atoms with Crippen LogP contribution in [0.25, 0.3) is 6.08 Å². The normalized spacial score (nSPS) is 10.6. The second-order valence-electron chi connectivity index (χ2n) is 5.81. The highest BCUT2D eigenvalue weighted by molar-refractivity contribution is 6.42. The van der Waals surface area contributed by atoms with Gasteiger partial charge in [0.05, 0.1) is 30.8 Å². The minimum Gasteiger partial charge on any atom is -0.497 e. The molecule has 148 valence electrons. The maximum Gasteiger partial charge on any atom is 0.246 e. The fourth-order valence-electron chi connectivity index (χ4n) is 2.31. The fourth-order valence-corrected chi connectivity index (χ4v) is 2.61. The third-order valence-corrected chi connectivity index (χ3v) is 4.55. The van der Waals surface area contributed by atoms with Crippen LogP contribution in [-0.2, 0) is 9.59 Å². The van der Waals surface area contributed by atoms with Crippen molar-refractivity contribution in [1.29, 1.82) is 0 Å². The van der Waals surface area contributed by atoms with Gasteiger partial charge in [0.15, 0.2) is 0 Å². The van der Waals surface area contributed by atoms with Crippen LogP contribution in [0.2, 0.25) is 10.0 Å². The SMILES string of the molecule is COc1ccc(/C=C/C(=O)N(C)CC(=O)Nc2ccc(Cl)c(Cl)c2)c(OC)c1. The predicted octanol–water partition coefficient (Wildman–Crippen LogP) is 4.12. The third-order valence-electron chi connectivity index (χ3n) is 3.81. The Morgan fingerprint density at radius 2 is 1.82 bits per heavy atom. The lowest BCUT2D eigenvalue weighted by Gasteiger charge is -2.15. The number of amides is 2. The lowest BCUT2D eigenvalue weighted by molar-refractivity contribution is -0.129. The van der Waals surface area contributed by atoms with Gasteiger partial charge in [-0.15, -0.1) is 0 Å². The summed E-state index contributed by atoms with van der Waals surface area (Å²) in [5.41, 5.74) is 1.21. The molecular formula is C20H20Cl2N2O4. The van der Waals surface area contributed by atoms with E-state index in [1.54, 1.807) is 49.6 Å². The minimum absolute atomic E-state index is 0.122. The van der Waals surface area contributed by atoms with E-state index in [0.717, 1.165) is 0 Å². The Hall–Kier alpha value is -2.70. The summed E-state index contributed by atoms with van der Waals surface area (Å²) in [7, 11) is 4.63. The van der Waals surface area contributed by atoms with Crippen LogP contribution in [-0.4, -0.2) is 44.5 Å². The molecule has 2 amide bonds. The molecule has 0 aliphatic rings. The topological polar surface area (TPSA) is 67.9 Å². The molecule has 0 fully saturated rings. The van der Waals surface area contributed by atoms with Crippen LogP contribution in [0.1, 0.15) is 5.56 Å². The molecule has 0 saturated heterocycles. The zero-order chi connectivity index (χ0) is 20.7. The van der Waals surface area contributed by atoms with Gasteiger partial charge in [-0.2, -0.15) is 0 Å². The van der Waals surface area contributed by atoms with Crippen LogP contribution >= 0.6 is 23.2 Å². The molecule has 1 N–H and O–H groups in total. The molecule has 0 aliphatic heterocycles. The fraction of sp³-hybridized carbons (Fsp3) is 0.200. The molecule has 0 radical (unpaired) electrons. The van der Waals surface area contributed by atoms with E-state index in [4.69, 9.17) is 32.7 Å². The Morgan fingerprint density at radius 3 is 2.46 bits per heavy atom. The molecule has 0 bridgehead atoms. The van der Waals surface area contributed by atoms with Gasteiger partial charge >= 0.3 is 0 Å². The molecule has 0 unspecified atom stereocenters. The highest BCUT2D eigenvalue weighted by Crippen LogP contribution is 2.26. The molecule has 0 heterocycles. The number of halogens is 2. The highest BCUT2D eigenvalue weighted by atomic mass is 35.5. The van der Waals surface area contributed by atoms with E-state index in [2.05, 4.69) is 5.32 Å². The summed E-state index contributed by atoms with van der Waals surface area (Å²) < 4.78 is 10.4. The number of methoxy groups -OCH3 is 2. The highest BCUT2D eigenvalue weighted by Gasteiger charge is 2.12. The Balaban J connectivity index is 1.97. The first-order valence-corrected chi connectivity index (χ1v) is 8.99. The summed E-state index contributed by atoms with van der Waals surface area (Å²) in [5.74, 6) is 0.534. The molecule has 2 aromatic carbocycles. The van der Waals surface area contributed by atoms with E-state index in [1.807, 2.05) is 0 Å². The first-order valence-electron chi connectivity index (χ1n) is 8.24. The molecule has 0 aromatic heterocycles. The number of rotatable bonds is 7. The summed E-state index contributed by atoms with van der Waals surface area (Å²) in [6.07, 6.45) is 2.99. The van der Waals surface area contributed by atoms with E-state index < -0.39 is 0 Å². The average molecular weight is 423 g/mol. The van der Waals surface area contributed by atoms with E-state index in [1.165, 1.54) is 25.1 Å². The number of hydrogen-bond acceptors (Lipinski definition) is 4. The summed E-state index contributed by atoms with van der Waals surface area (Å²) >= 11 is 11.8. The molecular weight excluding hydrogens is 403 g/mol. The minimum atomic E-state index is -0.357. The quantitative estimate of drug-likeness (QED) is 0.681. The molecule has 2 aromatic rings. The lowest BCUT2D eigenvalue weighted by atomic mass is 10.1. The van der Waals surface area contributed by atoms with Crippen molar-refractivity contribution in [2.45, 2.75) is 0 Å². The molecule has 6 nitrogen and oxygen atoms in total. The van der Waals surface area contributed by atoms with Crippen molar-refractivity contribution < 1.29 is 19.1 Å². The van der Waals surface area contributed by atoms with Gasteiger partial charge in [0.1, 0.15) is 11.5 Å². The van der Waals surface area contributed by atoms with Crippen molar-refractivity contribution in [3.8, 4) is 11.5 Å². The Labute approximate surface area is 173 Å². The Morgan fingerprint density at radius 1 is 1.07 bits per heavy atom. The molecule has 0 aliphatic carbocycles. The van der Waals surface area contributed by atoms with Crippen LogP contribution in [0.15, 0.2) is 42.5 Å². The average Bonchev–Trinajstić information content (AvgIpc) is 2.68. The van der Waals surface area contributed by atoms with Crippen molar-refractivity contribution in [2.75, 3.05) is 33.1 Å². The molecule has 0 spiro atoms. The molecule has 2 rings (SSSR count). The van der Waals surface area contributed by atoms with Crippen LogP contribution < -0.4 is 14.8 Å². The first-order chi connectivity index (χ1) is 13.3. The summed E-state index contributed by atoms with van der Waals surface area (Å²) in [6.45, 7) is -0.122. The van der Waals surface area contributed by atoms with Gasteiger partial charge < -0.3 is 19.7 Å². The smallest absolute Gasteiger partial charge is 0.246 e. The monoisotopic (exact) mass is 422 g/mol. The van der Waals surface area contributed by atoms with Crippen LogP contribution in [0.4, 0.5) is 5.69 Å². The summed E-state index contributed by atoms with van der Waals surface area (Å²) in [6, 6.07) is 10.0. The van der Waals surface area contributed by atoms with Crippen LogP contribution in [0.3, 0.4) is 0 Å². The summed E-state index contributed by atoms with van der Waals surface area (Å²) in [4.78, 5) is 25.7. The number of nitrogens with zero attached hydrogens (tertiary/aromatic N) is 1. The Kier molecular flexibility index (Phi) is 7.72. The first kappa shape index (κ1) is 21.6. The largest absolute Gasteiger partial charge is 0.497 e. The number of ether oxygens (including phenoxy) is 2. The second kappa shape index (κ2) is 10.0. The van der Waals surface area contributed by atoms with Gasteiger partial charge in [0.2, 0.25) is 11.8 Å². The standard InChI is InChI=1S/C20H20Cl2N2O4/c1-24(12-19(25)23-14-6-8-16(21)17(22)10-14)20(26)9-5-13-4-7-15(27-2)11-18(13)28-3/h4-11H,12H2,1-3H3,(H,23,25)/b9-5+. The molecule has 8 heteroatoms. The van der Waals surface area contributed by atoms with Crippen molar-refractivity contribution >= 4 is 46.8 Å². The van der Waals surface area contributed by atoms with Crippen LogP contribution in [0, 0.1) is 0 Å². The number of nitrogens with one attached hydrogen (secondary N) is 1. The van der Waals surface area contributed by atoms with Crippen molar-refractivity contribution in [2.24, 2.45) is 0 Å². The number of likely N-dealkylation sites (N-methyl/N-ethyl adjacent to an activating group) is 1. The van der Waals surface area contributed by atoms with E-state index in [0.29, 0.717) is 32.8 Å². The van der Waals surface area contributed by atoms with Crippen molar-refractivity contribution in [3.05, 3.63) is 58.1 Å². The van der Waals surface area contributed by atoms with Crippen molar-refractivity contribution in [1.82, 2.24) is 4.90 Å². The van der Waals surface area contributed by atoms with E-state index >= 15 is 0 Å². The lowest BCUT2D eigenvalue weighted by Crippen LogP contribution is -2.33. The van der Waals surface area contributed by atoms with Crippen LogP contribution in [0.5, 0.6) is 11.5 Å². The summed E-state index contributed by atoms with van der Waals surface area (Å²) in [5, 5.41) is 3.39. The second-order valence-corrected chi connectivity index (χ2v) is 6.63. The number of carbonyl (C=O) groups is 2. The number of hydrogen-bond donors (Lipinski definition) is 1. The molecule has 0 saturated carbocycles. The van der Waals surface area contributed by atoms with Gasteiger partial charge in [-0.25, -0.2) is 0 Å².